The average molecular weight is 535 g/mol. The molecule has 0 radical (unpaired) electrons. The van der Waals surface area contributed by atoms with E-state index in [0.717, 1.165) is 12.8 Å². The van der Waals surface area contributed by atoms with Crippen LogP contribution in [-0.2, 0) is 12.8 Å². The van der Waals surface area contributed by atoms with Crippen LogP contribution >= 0.6 is 0 Å². The summed E-state index contributed by atoms with van der Waals surface area (Å²) in [5.41, 5.74) is 18.6. The predicted octanol–water partition coefficient (Wildman–Crippen LogP) is 10.9. The largest absolute Gasteiger partial charge is 0.0622 e. The van der Waals surface area contributed by atoms with Crippen LogP contribution in [0.15, 0.2) is 146 Å². The first kappa shape index (κ1) is 24.6. The quantitative estimate of drug-likeness (QED) is 0.206. The predicted molar refractivity (Wildman–Crippen MR) is 179 cm³/mol. The Hall–Kier alpha value is -5.20. The van der Waals surface area contributed by atoms with Gasteiger partial charge in [-0.05, 0) is 103 Å². The second-order valence-electron chi connectivity index (χ2n) is 11.3. The summed E-state index contributed by atoms with van der Waals surface area (Å²) >= 11 is 0. The van der Waals surface area contributed by atoms with Crippen LogP contribution in [0.1, 0.15) is 33.4 Å². The van der Waals surface area contributed by atoms with Gasteiger partial charge in [0.05, 0.1) is 0 Å². The highest BCUT2D eigenvalue weighted by atomic mass is 14.3. The van der Waals surface area contributed by atoms with Crippen LogP contribution in [0.5, 0.6) is 0 Å². The molecule has 0 saturated heterocycles. The summed E-state index contributed by atoms with van der Waals surface area (Å²) in [5, 5.41) is 0. The van der Waals surface area contributed by atoms with Gasteiger partial charge >= 0.3 is 0 Å². The molecule has 0 amide bonds. The van der Waals surface area contributed by atoms with Crippen LogP contribution in [0.4, 0.5) is 0 Å². The fourth-order valence-corrected chi connectivity index (χ4v) is 6.63. The lowest BCUT2D eigenvalue weighted by atomic mass is 9.88. The Morgan fingerprint density at radius 3 is 1.12 bits per heavy atom. The van der Waals surface area contributed by atoms with E-state index in [-0.39, 0.29) is 0 Å². The summed E-state index contributed by atoms with van der Waals surface area (Å²) in [7, 11) is 0. The van der Waals surface area contributed by atoms with Gasteiger partial charge in [0.1, 0.15) is 0 Å². The Morgan fingerprint density at radius 1 is 0.310 bits per heavy atom. The van der Waals surface area contributed by atoms with Crippen LogP contribution < -0.4 is 0 Å². The first-order chi connectivity index (χ1) is 20.8. The fourth-order valence-electron chi connectivity index (χ4n) is 6.63. The number of rotatable bonds is 5. The van der Waals surface area contributed by atoms with Crippen molar-refractivity contribution < 1.29 is 0 Å². The molecule has 0 bridgehead atoms. The molecule has 8 rings (SSSR count). The van der Waals surface area contributed by atoms with Crippen LogP contribution in [-0.4, -0.2) is 0 Å². The molecule has 0 heteroatoms. The normalized spacial score (nSPS) is 13.3. The summed E-state index contributed by atoms with van der Waals surface area (Å²) in [6, 6.07) is 53.1. The van der Waals surface area contributed by atoms with Gasteiger partial charge in [0.2, 0.25) is 0 Å². The van der Waals surface area contributed by atoms with Gasteiger partial charge in [0, 0.05) is 0 Å². The number of allylic oxidation sites excluding steroid dienone is 2. The van der Waals surface area contributed by atoms with Crippen molar-refractivity contribution in [1.29, 1.82) is 0 Å². The maximum absolute atomic E-state index is 2.40. The number of hydrogen-bond acceptors (Lipinski definition) is 0. The minimum atomic E-state index is 0.958. The van der Waals surface area contributed by atoms with Gasteiger partial charge in [-0.25, -0.2) is 0 Å². The van der Waals surface area contributed by atoms with E-state index in [1.165, 1.54) is 77.9 Å². The molecule has 0 aliphatic heterocycles. The van der Waals surface area contributed by atoms with Crippen molar-refractivity contribution in [3.8, 4) is 33.4 Å². The van der Waals surface area contributed by atoms with Crippen LogP contribution in [0, 0.1) is 0 Å². The fraction of sp³-hybridized carbons (Fsp3) is 0.0476. The van der Waals surface area contributed by atoms with Crippen molar-refractivity contribution in [3.05, 3.63) is 179 Å². The maximum atomic E-state index is 2.40. The first-order valence-corrected chi connectivity index (χ1v) is 14.8. The highest BCUT2D eigenvalue weighted by Gasteiger charge is 2.21. The third-order valence-corrected chi connectivity index (χ3v) is 8.76. The zero-order valence-corrected chi connectivity index (χ0v) is 23.4. The molecule has 0 unspecified atom stereocenters. The van der Waals surface area contributed by atoms with E-state index in [2.05, 4.69) is 158 Å². The van der Waals surface area contributed by atoms with Crippen molar-refractivity contribution in [2.24, 2.45) is 0 Å². The summed E-state index contributed by atoms with van der Waals surface area (Å²) in [6.07, 6.45) is 6.72. The van der Waals surface area contributed by atoms with Gasteiger partial charge in [0.25, 0.3) is 0 Å². The van der Waals surface area contributed by atoms with E-state index in [1.54, 1.807) is 0 Å². The van der Waals surface area contributed by atoms with Crippen LogP contribution in [0.2, 0.25) is 0 Å². The highest BCUT2D eigenvalue weighted by molar-refractivity contribution is 5.99. The minimum absolute atomic E-state index is 0.958. The molecule has 0 nitrogen and oxygen atoms in total. The molecule has 6 aromatic carbocycles. The lowest BCUT2D eigenvalue weighted by molar-refractivity contribution is 1.31. The molecule has 0 atom stereocenters. The van der Waals surface area contributed by atoms with Crippen molar-refractivity contribution in [2.75, 3.05) is 0 Å². The van der Waals surface area contributed by atoms with Gasteiger partial charge in [-0.15, -0.1) is 0 Å². The maximum Gasteiger partial charge on any atom is -0.00134 e. The Morgan fingerprint density at radius 2 is 0.690 bits per heavy atom. The van der Waals surface area contributed by atoms with Gasteiger partial charge in [-0.2, -0.15) is 0 Å². The van der Waals surface area contributed by atoms with Gasteiger partial charge in [-0.3, -0.25) is 0 Å². The summed E-state index contributed by atoms with van der Waals surface area (Å²) in [6.45, 7) is 0. The molecule has 2 aliphatic carbocycles. The molecule has 198 valence electrons. The summed E-state index contributed by atoms with van der Waals surface area (Å²) in [5.74, 6) is 0. The first-order valence-electron chi connectivity index (χ1n) is 14.8. The van der Waals surface area contributed by atoms with Gasteiger partial charge in [0.15, 0.2) is 0 Å². The number of benzene rings is 6. The Labute approximate surface area is 248 Å². The van der Waals surface area contributed by atoms with E-state index in [0.29, 0.717) is 0 Å². The van der Waals surface area contributed by atoms with E-state index < -0.39 is 0 Å². The number of fused-ring (bicyclic) bond motifs is 2. The lowest BCUT2D eigenvalue weighted by Crippen LogP contribution is -1.95. The number of hydrogen-bond donors (Lipinski definition) is 0. The van der Waals surface area contributed by atoms with E-state index >= 15 is 0 Å². The second kappa shape index (κ2) is 10.3. The van der Waals surface area contributed by atoms with Crippen molar-refractivity contribution in [3.63, 3.8) is 0 Å². The van der Waals surface area contributed by atoms with Crippen molar-refractivity contribution in [2.45, 2.75) is 12.8 Å². The SMILES string of the molecule is C1=C(c2ccccc2-c2ccccc2C2=Cc3cc(-c4ccccc4)ccc3C2)Cc2ccc(-c3ccccc3)cc21. The summed E-state index contributed by atoms with van der Waals surface area (Å²) < 4.78 is 0. The standard InChI is InChI=1S/C42H30/c1-3-11-29(12-4-1)31-19-21-33-25-37(27-35(33)23-31)39-15-7-9-17-41(39)42-18-10-8-16-40(42)38-26-34-22-20-32(24-36(34)28-38)30-13-5-2-6-14-30/h1-24,27-28H,25-26H2. The molecule has 0 saturated carbocycles. The Bertz CT molecular complexity index is 1860. The zero-order valence-electron chi connectivity index (χ0n) is 23.4. The highest BCUT2D eigenvalue weighted by Crippen LogP contribution is 2.42. The second-order valence-corrected chi connectivity index (χ2v) is 11.3. The third-order valence-electron chi connectivity index (χ3n) is 8.76. The van der Waals surface area contributed by atoms with Gasteiger partial charge < -0.3 is 0 Å². The minimum Gasteiger partial charge on any atom is -0.0622 e. The molecule has 0 heterocycles. The van der Waals surface area contributed by atoms with E-state index in [1.807, 2.05) is 0 Å². The molecule has 0 N–H and O–H groups in total. The average Bonchev–Trinajstić information content (AvgIpc) is 3.69. The van der Waals surface area contributed by atoms with Crippen LogP contribution in [0.3, 0.4) is 0 Å². The Balaban J connectivity index is 1.16. The van der Waals surface area contributed by atoms with E-state index in [9.17, 15) is 0 Å². The molecule has 42 heavy (non-hydrogen) atoms. The smallest absolute Gasteiger partial charge is 0.00134 e. The van der Waals surface area contributed by atoms with E-state index in [4.69, 9.17) is 0 Å². The molecular weight excluding hydrogens is 504 g/mol. The Kier molecular flexibility index (Phi) is 6.04. The molecule has 2 aliphatic rings. The molecule has 0 aromatic heterocycles. The molecule has 0 spiro atoms. The lowest BCUT2D eigenvalue weighted by Gasteiger charge is -2.16. The monoisotopic (exact) mass is 534 g/mol. The van der Waals surface area contributed by atoms with Crippen molar-refractivity contribution >= 4 is 23.3 Å². The van der Waals surface area contributed by atoms with Gasteiger partial charge in [-0.1, -0.05) is 146 Å². The summed E-state index contributed by atoms with van der Waals surface area (Å²) in [4.78, 5) is 0. The topological polar surface area (TPSA) is 0 Å². The molecule has 0 fully saturated rings. The van der Waals surface area contributed by atoms with Crippen LogP contribution in [0.25, 0.3) is 56.7 Å². The molecule has 6 aromatic rings. The zero-order chi connectivity index (χ0) is 27.9. The molecular formula is C42H30. The third kappa shape index (κ3) is 4.42. The van der Waals surface area contributed by atoms with Crippen molar-refractivity contribution in [1.82, 2.24) is 0 Å².